The highest BCUT2D eigenvalue weighted by molar-refractivity contribution is 5.94. The molecule has 0 saturated heterocycles. The molecule has 1 unspecified atom stereocenters. The van der Waals surface area contributed by atoms with Crippen molar-refractivity contribution in [3.63, 3.8) is 0 Å². The van der Waals surface area contributed by atoms with Gasteiger partial charge in [-0.3, -0.25) is 9.69 Å². The maximum Gasteiger partial charge on any atom is 0.407 e. The number of carbonyl (C=O) groups excluding carboxylic acids is 1. The Morgan fingerprint density at radius 2 is 1.75 bits per heavy atom. The first kappa shape index (κ1) is 19.8. The Morgan fingerprint density at radius 1 is 1.21 bits per heavy atom. The van der Waals surface area contributed by atoms with E-state index in [4.69, 9.17) is 5.11 Å². The normalized spacial score (nSPS) is 12.8. The highest BCUT2D eigenvalue weighted by Crippen LogP contribution is 2.21. The molecule has 2 N–H and O–H groups in total. The van der Waals surface area contributed by atoms with Crippen LogP contribution in [0.3, 0.4) is 0 Å². The number of carboxylic acid groups (broad SMARTS) is 1. The summed E-state index contributed by atoms with van der Waals surface area (Å²) >= 11 is 0. The van der Waals surface area contributed by atoms with Crippen molar-refractivity contribution in [3.05, 3.63) is 35.4 Å². The third-order valence-electron chi connectivity index (χ3n) is 3.55. The summed E-state index contributed by atoms with van der Waals surface area (Å²) in [5.74, 6) is -0.861. The van der Waals surface area contributed by atoms with Crippen molar-refractivity contribution in [2.45, 2.75) is 33.0 Å². The van der Waals surface area contributed by atoms with Crippen molar-refractivity contribution in [1.82, 2.24) is 10.2 Å². The van der Waals surface area contributed by atoms with Crippen LogP contribution in [-0.4, -0.2) is 47.3 Å². The zero-order chi connectivity index (χ0) is 18.5. The summed E-state index contributed by atoms with van der Waals surface area (Å²) in [6.07, 6.45) is -6.32. The van der Waals surface area contributed by atoms with Crippen LogP contribution in [0, 0.1) is 12.8 Å². The molecule has 134 valence electrons. The first-order valence-corrected chi connectivity index (χ1v) is 7.42. The van der Waals surface area contributed by atoms with Crippen LogP contribution in [0.15, 0.2) is 24.3 Å². The van der Waals surface area contributed by atoms with Crippen molar-refractivity contribution in [2.24, 2.45) is 5.92 Å². The monoisotopic (exact) mass is 346 g/mol. The van der Waals surface area contributed by atoms with Gasteiger partial charge in [0, 0.05) is 12.1 Å². The fourth-order valence-corrected chi connectivity index (χ4v) is 2.23. The minimum Gasteiger partial charge on any atom is -0.465 e. The third-order valence-corrected chi connectivity index (χ3v) is 3.55. The minimum absolute atomic E-state index is 0.202. The molecule has 0 heterocycles. The number of carbonyl (C=O) groups is 2. The third kappa shape index (κ3) is 6.10. The molecule has 0 spiro atoms. The molecule has 0 bridgehead atoms. The van der Waals surface area contributed by atoms with Gasteiger partial charge in [0.2, 0.25) is 0 Å². The molecule has 0 aromatic heterocycles. The molecule has 0 aliphatic rings. The minimum atomic E-state index is -4.65. The number of amides is 2. The molecule has 24 heavy (non-hydrogen) atoms. The second-order valence-corrected chi connectivity index (χ2v) is 5.91. The maximum absolute atomic E-state index is 12.6. The van der Waals surface area contributed by atoms with Crippen LogP contribution in [0.5, 0.6) is 0 Å². The summed E-state index contributed by atoms with van der Waals surface area (Å²) in [6, 6.07) is 5.68. The molecular weight excluding hydrogens is 325 g/mol. The molecule has 0 radical (unpaired) electrons. The van der Waals surface area contributed by atoms with E-state index < -0.39 is 36.7 Å². The van der Waals surface area contributed by atoms with Crippen LogP contribution < -0.4 is 5.32 Å². The zero-order valence-electron chi connectivity index (χ0n) is 13.7. The van der Waals surface area contributed by atoms with E-state index in [1.807, 2.05) is 6.92 Å². The first-order valence-electron chi connectivity index (χ1n) is 7.42. The average Bonchev–Trinajstić information content (AvgIpc) is 2.45. The Morgan fingerprint density at radius 3 is 2.17 bits per heavy atom. The maximum atomic E-state index is 12.6. The topological polar surface area (TPSA) is 69.6 Å². The van der Waals surface area contributed by atoms with Gasteiger partial charge < -0.3 is 10.4 Å². The second kappa shape index (κ2) is 8.03. The smallest absolute Gasteiger partial charge is 0.407 e. The molecule has 0 aliphatic carbocycles. The Hall–Kier alpha value is -2.25. The van der Waals surface area contributed by atoms with Crippen molar-refractivity contribution in [1.29, 1.82) is 0 Å². The Labute approximate surface area is 138 Å². The number of hydrogen-bond donors (Lipinski definition) is 2. The van der Waals surface area contributed by atoms with E-state index in [0.29, 0.717) is 10.5 Å². The lowest BCUT2D eigenvalue weighted by Crippen LogP contribution is -2.52. The molecule has 0 aliphatic heterocycles. The summed E-state index contributed by atoms with van der Waals surface area (Å²) in [5.41, 5.74) is 1.33. The van der Waals surface area contributed by atoms with Gasteiger partial charge in [-0.2, -0.15) is 13.2 Å². The van der Waals surface area contributed by atoms with Gasteiger partial charge >= 0.3 is 12.3 Å². The number of aryl methyl sites for hydroxylation is 1. The van der Waals surface area contributed by atoms with Crippen LogP contribution in [0.25, 0.3) is 0 Å². The van der Waals surface area contributed by atoms with Gasteiger partial charge in [0.15, 0.2) is 0 Å². The molecule has 1 aromatic rings. The Kier molecular flexibility index (Phi) is 6.62. The number of rotatable bonds is 6. The van der Waals surface area contributed by atoms with E-state index in [-0.39, 0.29) is 6.54 Å². The van der Waals surface area contributed by atoms with Crippen molar-refractivity contribution in [3.8, 4) is 0 Å². The molecular formula is C16H21F3N2O3. The number of alkyl halides is 3. The number of halogens is 3. The molecule has 2 amide bonds. The van der Waals surface area contributed by atoms with E-state index in [1.165, 1.54) is 0 Å². The van der Waals surface area contributed by atoms with Crippen LogP contribution in [0.2, 0.25) is 0 Å². The standard InChI is InChI=1S/C16H21F3N2O3/c1-10(2)13(21(15(23)24)9-16(17,18)19)8-20-14(22)12-6-4-11(3)5-7-12/h4-7,10,13H,8-9H2,1-3H3,(H,20,22)(H,23,24). The average molecular weight is 346 g/mol. The number of nitrogens with one attached hydrogen (secondary N) is 1. The van der Waals surface area contributed by atoms with E-state index in [0.717, 1.165) is 5.56 Å². The fraction of sp³-hybridized carbons (Fsp3) is 0.500. The molecule has 1 aromatic carbocycles. The predicted molar refractivity (Wildman–Crippen MR) is 82.9 cm³/mol. The van der Waals surface area contributed by atoms with Gasteiger partial charge in [0.25, 0.3) is 5.91 Å². The predicted octanol–water partition coefficient (Wildman–Crippen LogP) is 3.29. The van der Waals surface area contributed by atoms with Crippen LogP contribution in [0.4, 0.5) is 18.0 Å². The molecule has 1 rings (SSSR count). The largest absolute Gasteiger partial charge is 0.465 e. The lowest BCUT2D eigenvalue weighted by molar-refractivity contribution is -0.147. The van der Waals surface area contributed by atoms with Gasteiger partial charge in [-0.05, 0) is 25.0 Å². The Bertz CT molecular complexity index is 571. The van der Waals surface area contributed by atoms with Gasteiger partial charge in [0.1, 0.15) is 6.54 Å². The molecule has 1 atom stereocenters. The number of benzene rings is 1. The van der Waals surface area contributed by atoms with E-state index in [1.54, 1.807) is 38.1 Å². The first-order chi connectivity index (χ1) is 11.0. The quantitative estimate of drug-likeness (QED) is 0.830. The van der Waals surface area contributed by atoms with Gasteiger partial charge in [-0.1, -0.05) is 31.5 Å². The fourth-order valence-electron chi connectivity index (χ4n) is 2.23. The lowest BCUT2D eigenvalue weighted by atomic mass is 10.0. The highest BCUT2D eigenvalue weighted by Gasteiger charge is 2.37. The SMILES string of the molecule is Cc1ccc(C(=O)NCC(C(C)C)N(CC(F)(F)F)C(=O)O)cc1. The summed E-state index contributed by atoms with van der Waals surface area (Å²) in [7, 11) is 0. The van der Waals surface area contributed by atoms with Gasteiger partial charge in [-0.25, -0.2) is 4.79 Å². The van der Waals surface area contributed by atoms with Crippen LogP contribution in [0.1, 0.15) is 29.8 Å². The summed E-state index contributed by atoms with van der Waals surface area (Å²) < 4.78 is 37.8. The Balaban J connectivity index is 2.82. The van der Waals surface area contributed by atoms with E-state index in [2.05, 4.69) is 5.32 Å². The molecule has 0 saturated carbocycles. The van der Waals surface area contributed by atoms with E-state index in [9.17, 15) is 22.8 Å². The van der Waals surface area contributed by atoms with Crippen LogP contribution >= 0.6 is 0 Å². The summed E-state index contributed by atoms with van der Waals surface area (Å²) in [6.45, 7) is 3.29. The van der Waals surface area contributed by atoms with Gasteiger partial charge in [0.05, 0.1) is 6.04 Å². The summed E-state index contributed by atoms with van der Waals surface area (Å²) in [4.78, 5) is 23.6. The number of hydrogen-bond acceptors (Lipinski definition) is 2. The zero-order valence-corrected chi connectivity index (χ0v) is 13.7. The van der Waals surface area contributed by atoms with Gasteiger partial charge in [-0.15, -0.1) is 0 Å². The van der Waals surface area contributed by atoms with Crippen molar-refractivity contribution >= 4 is 12.0 Å². The van der Waals surface area contributed by atoms with Crippen molar-refractivity contribution in [2.75, 3.05) is 13.1 Å². The molecule has 0 fully saturated rings. The highest BCUT2D eigenvalue weighted by atomic mass is 19.4. The van der Waals surface area contributed by atoms with E-state index >= 15 is 0 Å². The number of nitrogens with zero attached hydrogens (tertiary/aromatic N) is 1. The second-order valence-electron chi connectivity index (χ2n) is 5.91. The van der Waals surface area contributed by atoms with Crippen molar-refractivity contribution < 1.29 is 27.9 Å². The lowest BCUT2D eigenvalue weighted by Gasteiger charge is -2.33. The summed E-state index contributed by atoms with van der Waals surface area (Å²) in [5, 5.41) is 11.6. The van der Waals surface area contributed by atoms with Crippen LogP contribution in [-0.2, 0) is 0 Å². The molecule has 5 nitrogen and oxygen atoms in total. The molecule has 8 heteroatoms.